The van der Waals surface area contributed by atoms with E-state index in [-0.39, 0.29) is 64.0 Å². The van der Waals surface area contributed by atoms with Crippen LogP contribution in [0.1, 0.15) is 83.5 Å². The first-order valence-electron chi connectivity index (χ1n) is 14.0. The molecule has 5 N–H and O–H groups in total. The number of carbonyl (C=O) groups excluding carboxylic acids is 6. The second-order valence-corrected chi connectivity index (χ2v) is 10.7. The zero-order valence-electron chi connectivity index (χ0n) is 26.5. The maximum atomic E-state index is 12.4. The van der Waals surface area contributed by atoms with Crippen LogP contribution in [0.5, 0.6) is 0 Å². The summed E-state index contributed by atoms with van der Waals surface area (Å²) in [6.07, 6.45) is -0.267. The number of hydrogen-bond acceptors (Lipinski definition) is 11. The molecular formula is C33H48Cl3N3O9. The van der Waals surface area contributed by atoms with Crippen molar-refractivity contribution in [1.82, 2.24) is 5.32 Å². The van der Waals surface area contributed by atoms with Gasteiger partial charge in [0.25, 0.3) is 0 Å². The number of halogens is 3. The number of nitrogens with one attached hydrogen (secondary N) is 1. The molecule has 0 aliphatic carbocycles. The van der Waals surface area contributed by atoms with Crippen molar-refractivity contribution < 1.29 is 43.0 Å². The smallest absolute Gasteiger partial charge is 0.332 e. The molecule has 2 rings (SSSR count). The minimum Gasteiger partial charge on any atom is -0.465 e. The number of anilines is 2. The van der Waals surface area contributed by atoms with Gasteiger partial charge in [-0.15, -0.1) is 11.6 Å². The van der Waals surface area contributed by atoms with Gasteiger partial charge in [-0.05, 0) is 71.0 Å². The molecule has 270 valence electrons. The minimum absolute atomic E-state index is 0. The number of amides is 1. The number of benzene rings is 2. The molecule has 0 fully saturated rings. The second kappa shape index (κ2) is 24.3. The fourth-order valence-corrected chi connectivity index (χ4v) is 4.05. The number of nitrogens with two attached hydrogens (primary N) is 2. The van der Waals surface area contributed by atoms with Gasteiger partial charge < -0.3 is 31.0 Å². The SMILES string of the molecule is C.C.CCOC(=O)C(C)(CC(=O)c1ccc(Cl)cc1N)NC(C)=O.CCOC(=O)C(C)C(=O)OCC.Nc1cc(Cl)ccc1C(=O)CCl. The average molecular weight is 737 g/mol. The standard InChI is InChI=1S/C15H19ClN2O4.C8H7Cl2NO.C8H14O4.2CH4/c1-4-22-14(21)15(3,18-9(2)19)8-13(20)11-6-5-10(16)7-12(11)17;9-4-8(12)6-2-1-5(10)3-7(6)11;1-4-11-7(9)6(3)8(10)12-5-2;;/h5-7H,4,8,17H2,1-3H3,(H,18,19);1-3H,4,11H2;6H,4-5H2,1-3H3;2*1H4. The minimum atomic E-state index is -1.45. The highest BCUT2D eigenvalue weighted by Crippen LogP contribution is 2.23. The normalized spacial score (nSPS) is 10.9. The van der Waals surface area contributed by atoms with Gasteiger partial charge in [0.2, 0.25) is 5.91 Å². The molecule has 0 heterocycles. The molecule has 2 aromatic rings. The van der Waals surface area contributed by atoms with Crippen molar-refractivity contribution in [1.29, 1.82) is 0 Å². The van der Waals surface area contributed by atoms with Crippen LogP contribution < -0.4 is 16.8 Å². The molecule has 2 aromatic carbocycles. The van der Waals surface area contributed by atoms with Gasteiger partial charge in [0.1, 0.15) is 5.54 Å². The largest absolute Gasteiger partial charge is 0.465 e. The summed E-state index contributed by atoms with van der Waals surface area (Å²) in [5, 5.41) is 3.39. The number of Topliss-reactive ketones (excluding diaryl/α,β-unsaturated/α-hetero) is 2. The summed E-state index contributed by atoms with van der Waals surface area (Å²) >= 11 is 16.8. The predicted molar refractivity (Wildman–Crippen MR) is 190 cm³/mol. The van der Waals surface area contributed by atoms with E-state index in [1.54, 1.807) is 32.9 Å². The first kappa shape index (κ1) is 48.5. The van der Waals surface area contributed by atoms with Crippen molar-refractivity contribution in [2.45, 2.75) is 68.4 Å². The Labute approximate surface area is 298 Å². The van der Waals surface area contributed by atoms with Gasteiger partial charge >= 0.3 is 17.9 Å². The number of rotatable bonds is 12. The van der Waals surface area contributed by atoms with Gasteiger partial charge in [0.15, 0.2) is 17.5 Å². The number of hydrogen-bond donors (Lipinski definition) is 3. The first-order chi connectivity index (χ1) is 21.5. The third-order valence-corrected chi connectivity index (χ3v) is 6.43. The Balaban J connectivity index is -0.000000668. The van der Waals surface area contributed by atoms with Crippen molar-refractivity contribution in [3.8, 4) is 0 Å². The van der Waals surface area contributed by atoms with Crippen LogP contribution in [-0.4, -0.2) is 66.6 Å². The van der Waals surface area contributed by atoms with E-state index in [9.17, 15) is 28.8 Å². The summed E-state index contributed by atoms with van der Waals surface area (Å²) in [6.45, 7) is 9.90. The van der Waals surface area contributed by atoms with Gasteiger partial charge in [0, 0.05) is 45.9 Å². The van der Waals surface area contributed by atoms with Crippen LogP contribution in [0.2, 0.25) is 10.0 Å². The predicted octanol–water partition coefficient (Wildman–Crippen LogP) is 6.32. The monoisotopic (exact) mass is 735 g/mol. The van der Waals surface area contributed by atoms with Gasteiger partial charge in [-0.1, -0.05) is 38.1 Å². The molecule has 0 saturated heterocycles. The highest BCUT2D eigenvalue weighted by atomic mass is 35.5. The Morgan fingerprint density at radius 3 is 1.50 bits per heavy atom. The van der Waals surface area contributed by atoms with E-state index >= 15 is 0 Å². The van der Waals surface area contributed by atoms with Crippen LogP contribution in [0, 0.1) is 5.92 Å². The van der Waals surface area contributed by atoms with Crippen LogP contribution >= 0.6 is 34.8 Å². The summed E-state index contributed by atoms with van der Waals surface area (Å²) in [5.74, 6) is -3.63. The topological polar surface area (TPSA) is 194 Å². The summed E-state index contributed by atoms with van der Waals surface area (Å²) in [4.78, 5) is 68.8. The van der Waals surface area contributed by atoms with E-state index in [0.29, 0.717) is 21.3 Å². The fraction of sp³-hybridized carbons (Fsp3) is 0.455. The lowest BCUT2D eigenvalue weighted by atomic mass is 9.91. The molecule has 12 nitrogen and oxygen atoms in total. The Morgan fingerprint density at radius 2 is 1.17 bits per heavy atom. The van der Waals surface area contributed by atoms with Crippen molar-refractivity contribution >= 4 is 81.6 Å². The molecule has 0 saturated carbocycles. The summed E-state index contributed by atoms with van der Waals surface area (Å²) in [5.41, 5.74) is 11.1. The van der Waals surface area contributed by atoms with Crippen LogP contribution in [0.15, 0.2) is 36.4 Å². The number of ether oxygens (including phenoxy) is 3. The number of ketones is 2. The molecule has 0 aromatic heterocycles. The highest BCUT2D eigenvalue weighted by molar-refractivity contribution is 6.33. The Bertz CT molecular complexity index is 1370. The van der Waals surface area contributed by atoms with E-state index in [4.69, 9.17) is 51.0 Å². The lowest BCUT2D eigenvalue weighted by Crippen LogP contribution is -2.53. The van der Waals surface area contributed by atoms with Gasteiger partial charge in [-0.3, -0.25) is 24.0 Å². The molecule has 0 aliphatic heterocycles. The molecule has 1 unspecified atom stereocenters. The van der Waals surface area contributed by atoms with Gasteiger partial charge in [-0.25, -0.2) is 4.79 Å². The van der Waals surface area contributed by atoms with Crippen molar-refractivity contribution in [3.05, 3.63) is 57.6 Å². The quantitative estimate of drug-likeness (QED) is 0.0551. The third kappa shape index (κ3) is 16.8. The molecule has 0 radical (unpaired) electrons. The molecule has 48 heavy (non-hydrogen) atoms. The van der Waals surface area contributed by atoms with E-state index in [1.165, 1.54) is 45.0 Å². The number of nitrogen functional groups attached to an aromatic ring is 2. The van der Waals surface area contributed by atoms with Gasteiger partial charge in [0.05, 0.1) is 25.7 Å². The van der Waals surface area contributed by atoms with E-state index in [2.05, 4.69) is 14.8 Å². The fourth-order valence-electron chi connectivity index (χ4n) is 3.54. The van der Waals surface area contributed by atoms with E-state index in [0.717, 1.165) is 0 Å². The lowest BCUT2D eigenvalue weighted by molar-refractivity contribution is -0.160. The van der Waals surface area contributed by atoms with Crippen molar-refractivity contribution in [2.24, 2.45) is 5.92 Å². The third-order valence-electron chi connectivity index (χ3n) is 5.72. The van der Waals surface area contributed by atoms with Crippen LogP contribution in [0.4, 0.5) is 11.4 Å². The Hall–Kier alpha value is -3.87. The first-order valence-corrected chi connectivity index (χ1v) is 15.3. The molecule has 0 aliphatic rings. The second-order valence-electron chi connectivity index (χ2n) is 9.58. The number of esters is 3. The molecule has 0 spiro atoms. The zero-order valence-corrected chi connectivity index (χ0v) is 28.8. The summed E-state index contributed by atoms with van der Waals surface area (Å²) in [7, 11) is 0. The highest BCUT2D eigenvalue weighted by Gasteiger charge is 2.38. The molecule has 1 atom stereocenters. The molecule has 0 bridgehead atoms. The Morgan fingerprint density at radius 1 is 0.771 bits per heavy atom. The van der Waals surface area contributed by atoms with Crippen molar-refractivity contribution in [3.63, 3.8) is 0 Å². The summed E-state index contributed by atoms with van der Waals surface area (Å²) in [6, 6.07) is 9.18. The number of alkyl halides is 1. The van der Waals surface area contributed by atoms with E-state index in [1.807, 2.05) is 0 Å². The Kier molecular flexibility index (Phi) is 24.6. The number of carbonyl (C=O) groups is 6. The average Bonchev–Trinajstić information content (AvgIpc) is 2.97. The van der Waals surface area contributed by atoms with Crippen LogP contribution in [0.25, 0.3) is 0 Å². The van der Waals surface area contributed by atoms with E-state index < -0.39 is 41.1 Å². The lowest BCUT2D eigenvalue weighted by Gasteiger charge is -2.27. The molecule has 15 heteroatoms. The molecular weight excluding hydrogens is 689 g/mol. The zero-order chi connectivity index (χ0) is 35.6. The van der Waals surface area contributed by atoms with Crippen LogP contribution in [0.3, 0.4) is 0 Å². The van der Waals surface area contributed by atoms with Crippen LogP contribution in [-0.2, 0) is 33.4 Å². The van der Waals surface area contributed by atoms with Gasteiger partial charge in [-0.2, -0.15) is 0 Å². The van der Waals surface area contributed by atoms with Crippen molar-refractivity contribution in [2.75, 3.05) is 37.2 Å². The maximum absolute atomic E-state index is 12.4. The summed E-state index contributed by atoms with van der Waals surface area (Å²) < 4.78 is 14.2. The maximum Gasteiger partial charge on any atom is 0.332 e. The molecule has 1 amide bonds.